The predicted molar refractivity (Wildman–Crippen MR) is 113 cm³/mol. The Hall–Kier alpha value is -2.75. The Morgan fingerprint density at radius 1 is 1.03 bits per heavy atom. The molecule has 0 N–H and O–H groups in total. The lowest BCUT2D eigenvalue weighted by atomic mass is 10.2. The highest BCUT2D eigenvalue weighted by Gasteiger charge is 2.34. The first-order chi connectivity index (χ1) is 14.7. The molecule has 0 bridgehead atoms. The summed E-state index contributed by atoms with van der Waals surface area (Å²) >= 11 is 1.60. The fourth-order valence-electron chi connectivity index (χ4n) is 3.87. The number of carbonyl (C=O) groups excluding carboxylic acids is 1. The second-order valence-electron chi connectivity index (χ2n) is 7.52. The van der Waals surface area contributed by atoms with E-state index < -0.39 is 0 Å². The molecule has 2 saturated heterocycles. The molecule has 2 aliphatic heterocycles. The molecule has 5 rings (SSSR count). The van der Waals surface area contributed by atoms with Crippen molar-refractivity contribution in [3.8, 4) is 10.7 Å². The average molecular weight is 426 g/mol. The van der Waals surface area contributed by atoms with Gasteiger partial charge in [0.25, 0.3) is 0 Å². The summed E-state index contributed by atoms with van der Waals surface area (Å²) in [5.41, 5.74) is 0.885. The summed E-state index contributed by atoms with van der Waals surface area (Å²) < 4.78 is 11.0. The van der Waals surface area contributed by atoms with Crippen molar-refractivity contribution in [3.63, 3.8) is 0 Å². The second-order valence-corrected chi connectivity index (χ2v) is 8.47. The molecule has 4 heterocycles. The third-order valence-corrected chi connectivity index (χ3v) is 6.30. The molecule has 0 spiro atoms. The highest BCUT2D eigenvalue weighted by atomic mass is 32.1. The Balaban J connectivity index is 1.10. The van der Waals surface area contributed by atoms with Crippen LogP contribution in [0.3, 0.4) is 0 Å². The normalized spacial score (nSPS) is 20.6. The second kappa shape index (κ2) is 8.55. The number of cyclic esters (lactones) is 1. The van der Waals surface area contributed by atoms with Crippen LogP contribution in [0.5, 0.6) is 0 Å². The Morgan fingerprint density at radius 3 is 2.60 bits per heavy atom. The lowest BCUT2D eigenvalue weighted by Crippen LogP contribution is -2.48. The largest absolute Gasteiger partial charge is 0.443 e. The molecule has 2 fully saturated rings. The Morgan fingerprint density at radius 2 is 1.83 bits per heavy atom. The number of benzene rings is 1. The molecule has 2 aromatic heterocycles. The summed E-state index contributed by atoms with van der Waals surface area (Å²) in [6.07, 6.45) is -0.365. The maximum Gasteiger partial charge on any atom is 0.414 e. The number of para-hydroxylation sites is 1. The lowest BCUT2D eigenvalue weighted by molar-refractivity contribution is 0.0710. The zero-order chi connectivity index (χ0) is 20.3. The number of rotatable bonds is 6. The van der Waals surface area contributed by atoms with Gasteiger partial charge >= 0.3 is 6.09 Å². The van der Waals surface area contributed by atoms with Gasteiger partial charge in [-0.1, -0.05) is 29.4 Å². The van der Waals surface area contributed by atoms with Gasteiger partial charge in [-0.25, -0.2) is 4.79 Å². The summed E-state index contributed by atoms with van der Waals surface area (Å²) in [7, 11) is 0. The highest BCUT2D eigenvalue weighted by Crippen LogP contribution is 2.23. The molecule has 0 radical (unpaired) electrons. The average Bonchev–Trinajstić information content (AvgIpc) is 3.51. The van der Waals surface area contributed by atoms with E-state index in [1.165, 1.54) is 0 Å². The van der Waals surface area contributed by atoms with Crippen molar-refractivity contribution in [3.05, 3.63) is 53.7 Å². The van der Waals surface area contributed by atoms with Crippen LogP contribution in [0.1, 0.15) is 5.89 Å². The summed E-state index contributed by atoms with van der Waals surface area (Å²) in [6, 6.07) is 13.7. The van der Waals surface area contributed by atoms with Gasteiger partial charge in [0.15, 0.2) is 0 Å². The van der Waals surface area contributed by atoms with E-state index in [-0.39, 0.29) is 12.2 Å². The first kappa shape index (κ1) is 19.2. The van der Waals surface area contributed by atoms with Gasteiger partial charge in [-0.05, 0) is 23.6 Å². The van der Waals surface area contributed by atoms with E-state index >= 15 is 0 Å². The van der Waals surface area contributed by atoms with Crippen LogP contribution in [0.2, 0.25) is 0 Å². The van der Waals surface area contributed by atoms with E-state index in [0.717, 1.165) is 43.3 Å². The maximum atomic E-state index is 12.2. The van der Waals surface area contributed by atoms with Crippen LogP contribution in [-0.4, -0.2) is 71.4 Å². The van der Waals surface area contributed by atoms with Gasteiger partial charge in [-0.2, -0.15) is 4.98 Å². The van der Waals surface area contributed by atoms with E-state index in [4.69, 9.17) is 9.26 Å². The van der Waals surface area contributed by atoms with Crippen LogP contribution >= 0.6 is 11.3 Å². The Labute approximate surface area is 178 Å². The summed E-state index contributed by atoms with van der Waals surface area (Å²) in [4.78, 5) is 24.1. The smallest absolute Gasteiger partial charge is 0.414 e. The fraction of sp³-hybridized carbons (Fsp3) is 0.381. The fourth-order valence-corrected chi connectivity index (χ4v) is 4.52. The van der Waals surface area contributed by atoms with Crippen molar-refractivity contribution in [2.45, 2.75) is 12.6 Å². The van der Waals surface area contributed by atoms with Gasteiger partial charge in [-0.15, -0.1) is 11.3 Å². The third kappa shape index (κ3) is 4.23. The van der Waals surface area contributed by atoms with Crippen LogP contribution < -0.4 is 4.90 Å². The van der Waals surface area contributed by atoms with Crippen molar-refractivity contribution >= 4 is 23.1 Å². The number of aromatic nitrogens is 2. The first-order valence-electron chi connectivity index (χ1n) is 10.1. The topological polar surface area (TPSA) is 74.9 Å². The molecule has 1 amide bonds. The summed E-state index contributed by atoms with van der Waals surface area (Å²) in [6.45, 7) is 5.69. The predicted octanol–water partition coefficient (Wildman–Crippen LogP) is 2.94. The number of hydrogen-bond acceptors (Lipinski definition) is 8. The number of ether oxygens (including phenoxy) is 1. The lowest BCUT2D eigenvalue weighted by Gasteiger charge is -2.34. The molecule has 0 unspecified atom stereocenters. The van der Waals surface area contributed by atoms with Crippen LogP contribution in [-0.2, 0) is 11.3 Å². The van der Waals surface area contributed by atoms with Gasteiger partial charge in [0.1, 0.15) is 6.10 Å². The third-order valence-electron chi connectivity index (χ3n) is 5.44. The molecule has 1 atom stereocenters. The summed E-state index contributed by atoms with van der Waals surface area (Å²) in [5, 5.41) is 6.09. The molecule has 3 aromatic rings. The van der Waals surface area contributed by atoms with Crippen LogP contribution in [0.15, 0.2) is 52.4 Å². The van der Waals surface area contributed by atoms with Gasteiger partial charge in [0.2, 0.25) is 11.7 Å². The standard InChI is InChI=1S/C21H23N5O3S/c27-21-26(16-5-2-1-3-6-16)14-17(28-21)13-24-8-10-25(11-9-24)15-19-22-20(23-29-19)18-7-4-12-30-18/h1-7,12,17H,8-11,13-15H2/t17-/m1/s1. The van der Waals surface area contributed by atoms with Crippen molar-refractivity contribution in [1.29, 1.82) is 0 Å². The molecule has 0 aliphatic carbocycles. The SMILES string of the molecule is O=C1O[C@H](CN2CCN(Cc3nc(-c4cccs4)no3)CC2)CN1c1ccccc1. The Bertz CT molecular complexity index is 970. The molecule has 8 nitrogen and oxygen atoms in total. The summed E-state index contributed by atoms with van der Waals surface area (Å²) in [5.74, 6) is 1.31. The van der Waals surface area contributed by atoms with Crippen molar-refractivity contribution < 1.29 is 14.1 Å². The number of thiophene rings is 1. The zero-order valence-electron chi connectivity index (χ0n) is 16.5. The van der Waals surface area contributed by atoms with Crippen LogP contribution in [0, 0.1) is 0 Å². The minimum Gasteiger partial charge on any atom is -0.443 e. The first-order valence-corrected chi connectivity index (χ1v) is 11.0. The van der Waals surface area contributed by atoms with Gasteiger partial charge in [0, 0.05) is 38.4 Å². The quantitative estimate of drug-likeness (QED) is 0.601. The van der Waals surface area contributed by atoms with E-state index in [9.17, 15) is 4.79 Å². The minimum absolute atomic E-state index is 0.103. The number of anilines is 1. The van der Waals surface area contributed by atoms with Crippen molar-refractivity contribution in [2.75, 3.05) is 44.2 Å². The highest BCUT2D eigenvalue weighted by molar-refractivity contribution is 7.13. The van der Waals surface area contributed by atoms with E-state index in [2.05, 4.69) is 19.9 Å². The van der Waals surface area contributed by atoms with Gasteiger partial charge < -0.3 is 9.26 Å². The zero-order valence-corrected chi connectivity index (χ0v) is 17.3. The van der Waals surface area contributed by atoms with Crippen molar-refractivity contribution in [1.82, 2.24) is 19.9 Å². The Kier molecular flexibility index (Phi) is 5.48. The van der Waals surface area contributed by atoms with E-state index in [1.54, 1.807) is 16.2 Å². The number of amides is 1. The molecule has 9 heteroatoms. The molecule has 1 aromatic carbocycles. The van der Waals surface area contributed by atoms with Crippen LogP contribution in [0.25, 0.3) is 10.7 Å². The maximum absolute atomic E-state index is 12.2. The molecular formula is C21H23N5O3S. The molecular weight excluding hydrogens is 402 g/mol. The number of nitrogens with zero attached hydrogens (tertiary/aromatic N) is 5. The molecule has 0 saturated carbocycles. The number of piperazine rings is 1. The van der Waals surface area contributed by atoms with E-state index in [1.807, 2.05) is 47.8 Å². The molecule has 30 heavy (non-hydrogen) atoms. The van der Waals surface area contributed by atoms with Crippen LogP contribution in [0.4, 0.5) is 10.5 Å². The van der Waals surface area contributed by atoms with Crippen molar-refractivity contribution in [2.24, 2.45) is 0 Å². The van der Waals surface area contributed by atoms with Gasteiger partial charge in [0.05, 0.1) is 18.0 Å². The minimum atomic E-state index is -0.261. The van der Waals surface area contributed by atoms with Gasteiger partial charge in [-0.3, -0.25) is 14.7 Å². The van der Waals surface area contributed by atoms with E-state index in [0.29, 0.717) is 24.8 Å². The number of hydrogen-bond donors (Lipinski definition) is 0. The number of carbonyl (C=O) groups is 1. The monoisotopic (exact) mass is 425 g/mol. The molecule has 156 valence electrons. The molecule has 2 aliphatic rings.